The molecule has 4 aromatic carbocycles. The van der Waals surface area contributed by atoms with Crippen LogP contribution in [0.2, 0.25) is 0 Å². The van der Waals surface area contributed by atoms with E-state index in [1.807, 2.05) is 97.2 Å². The first-order valence-electron chi connectivity index (χ1n) is 13.5. The van der Waals surface area contributed by atoms with E-state index in [2.05, 4.69) is 39.7 Å². The van der Waals surface area contributed by atoms with Crippen molar-refractivity contribution in [3.05, 3.63) is 133 Å². The quantitative estimate of drug-likeness (QED) is 0.201. The Balaban J connectivity index is 1.20. The number of benzene rings is 4. The summed E-state index contributed by atoms with van der Waals surface area (Å²) in [5.74, 6) is 0.00346. The third-order valence-electron chi connectivity index (χ3n) is 7.69. The first-order chi connectivity index (χ1) is 19.1. The van der Waals surface area contributed by atoms with E-state index in [9.17, 15) is 9.36 Å². The lowest BCUT2D eigenvalue weighted by Crippen LogP contribution is -2.33. The number of amides is 1. The maximum atomic E-state index is 14.8. The summed E-state index contributed by atoms with van der Waals surface area (Å²) in [7, 11) is -3.18. The van der Waals surface area contributed by atoms with Crippen LogP contribution >= 0.6 is 7.29 Å². The van der Waals surface area contributed by atoms with Gasteiger partial charge in [-0.3, -0.25) is 14.4 Å². The average molecular weight is 534 g/mol. The first kappa shape index (κ1) is 25.4. The lowest BCUT2D eigenvalue weighted by molar-refractivity contribution is -0.122. The van der Waals surface area contributed by atoms with Crippen LogP contribution in [0.1, 0.15) is 23.6 Å². The van der Waals surface area contributed by atoms with Crippen LogP contribution in [0.5, 0.6) is 0 Å². The smallest absolute Gasteiger partial charge is 0.223 e. The van der Waals surface area contributed by atoms with E-state index < -0.39 is 7.29 Å². The molecule has 6 heteroatoms. The fourth-order valence-corrected chi connectivity index (χ4v) is 8.03. The maximum absolute atomic E-state index is 14.8. The van der Waals surface area contributed by atoms with Crippen molar-refractivity contribution < 1.29 is 9.36 Å². The van der Waals surface area contributed by atoms with Crippen LogP contribution in [0.4, 0.5) is 0 Å². The van der Waals surface area contributed by atoms with Crippen molar-refractivity contribution in [2.24, 2.45) is 11.8 Å². The maximum Gasteiger partial charge on any atom is 0.223 e. The summed E-state index contributed by atoms with van der Waals surface area (Å²) in [5, 5.41) is 9.48. The number of H-pyrrole nitrogens is 1. The van der Waals surface area contributed by atoms with Gasteiger partial charge in [0.25, 0.3) is 0 Å². The highest BCUT2D eigenvalue weighted by Crippen LogP contribution is 2.52. The molecule has 0 unspecified atom stereocenters. The van der Waals surface area contributed by atoms with Crippen molar-refractivity contribution >= 4 is 34.7 Å². The molecular weight excluding hydrogens is 501 g/mol. The van der Waals surface area contributed by atoms with E-state index in [1.165, 1.54) is 10.9 Å². The molecule has 1 saturated carbocycles. The molecule has 0 aliphatic heterocycles. The van der Waals surface area contributed by atoms with Crippen molar-refractivity contribution in [2.45, 2.75) is 18.9 Å². The molecule has 0 spiro atoms. The molecule has 1 aromatic heterocycles. The molecular formula is C33H32N3O2P. The SMILES string of the molecule is O=C(NCCc1c[nH]c2ccccc12)[C@@H]1C[C@@H]1[C@@H](NP(=O)(c1ccccc1)c1ccccc1)c1ccccc1. The molecule has 1 aliphatic rings. The van der Waals surface area contributed by atoms with Gasteiger partial charge in [0.2, 0.25) is 13.2 Å². The number of hydrogen-bond acceptors (Lipinski definition) is 2. The zero-order chi connectivity index (χ0) is 26.7. The van der Waals surface area contributed by atoms with Gasteiger partial charge >= 0.3 is 0 Å². The van der Waals surface area contributed by atoms with Gasteiger partial charge in [0.05, 0.1) is 0 Å². The van der Waals surface area contributed by atoms with Crippen LogP contribution in [0.15, 0.2) is 121 Å². The highest BCUT2D eigenvalue weighted by molar-refractivity contribution is 7.76. The number of rotatable bonds is 10. The Kier molecular flexibility index (Phi) is 7.19. The van der Waals surface area contributed by atoms with Gasteiger partial charge in [-0.1, -0.05) is 84.9 Å². The second-order valence-electron chi connectivity index (χ2n) is 10.2. The second kappa shape index (κ2) is 11.1. The third-order valence-corrected chi connectivity index (χ3v) is 10.4. The van der Waals surface area contributed by atoms with Crippen molar-refractivity contribution in [1.82, 2.24) is 15.4 Å². The summed E-state index contributed by atoms with van der Waals surface area (Å²) in [5.41, 5.74) is 3.36. The van der Waals surface area contributed by atoms with Crippen LogP contribution in [-0.2, 0) is 15.8 Å². The summed E-state index contributed by atoms with van der Waals surface area (Å²) >= 11 is 0. The topological polar surface area (TPSA) is 74.0 Å². The standard InChI is InChI=1S/C33H32N3O2P/c37-33(34-21-20-25-23-35-31-19-11-10-18-28(25)31)30-22-29(30)32(24-12-4-1-5-13-24)36-39(38,26-14-6-2-7-15-26)27-16-8-3-9-17-27/h1-19,23,29-30,32,35H,20-22H2,(H,34,37)(H,36,38)/t29-,30+,32-/m0/s1. The molecule has 196 valence electrons. The summed E-state index contributed by atoms with van der Waals surface area (Å²) in [4.78, 5) is 16.5. The first-order valence-corrected chi connectivity index (χ1v) is 15.2. The van der Waals surface area contributed by atoms with Gasteiger partial charge in [-0.2, -0.15) is 0 Å². The highest BCUT2D eigenvalue weighted by atomic mass is 31.2. The lowest BCUT2D eigenvalue weighted by Gasteiger charge is -2.28. The van der Waals surface area contributed by atoms with Gasteiger partial charge < -0.3 is 10.3 Å². The van der Waals surface area contributed by atoms with E-state index in [1.54, 1.807) is 0 Å². The van der Waals surface area contributed by atoms with Gasteiger partial charge in [0.1, 0.15) is 0 Å². The minimum Gasteiger partial charge on any atom is -0.361 e. The van der Waals surface area contributed by atoms with Crippen molar-refractivity contribution in [3.8, 4) is 0 Å². The molecule has 3 N–H and O–H groups in total. The summed E-state index contributed by atoms with van der Waals surface area (Å²) in [6.07, 6.45) is 3.55. The molecule has 6 rings (SSSR count). The molecule has 5 nitrogen and oxygen atoms in total. The van der Waals surface area contributed by atoms with Crippen LogP contribution < -0.4 is 21.0 Å². The summed E-state index contributed by atoms with van der Waals surface area (Å²) in [6, 6.07) is 37.3. The number of aromatic amines is 1. The van der Waals surface area contributed by atoms with Gasteiger partial charge in [0.15, 0.2) is 0 Å². The molecule has 0 saturated heterocycles. The van der Waals surface area contributed by atoms with Crippen LogP contribution in [-0.4, -0.2) is 17.4 Å². The minimum absolute atomic E-state index is 0.0567. The van der Waals surface area contributed by atoms with E-state index in [0.29, 0.717) is 6.54 Å². The molecule has 1 aliphatic carbocycles. The van der Waals surface area contributed by atoms with Crippen LogP contribution in [0, 0.1) is 11.8 Å². The number of nitrogens with one attached hydrogen (secondary N) is 3. The van der Waals surface area contributed by atoms with E-state index >= 15 is 0 Å². The molecule has 0 radical (unpaired) electrons. The number of aromatic nitrogens is 1. The zero-order valence-electron chi connectivity index (χ0n) is 21.7. The van der Waals surface area contributed by atoms with E-state index in [-0.39, 0.29) is 23.8 Å². The molecule has 1 amide bonds. The van der Waals surface area contributed by atoms with E-state index in [4.69, 9.17) is 0 Å². The summed E-state index contributed by atoms with van der Waals surface area (Å²) < 4.78 is 14.8. The lowest BCUT2D eigenvalue weighted by atomic mass is 10.0. The van der Waals surface area contributed by atoms with Crippen LogP contribution in [0.3, 0.4) is 0 Å². The fourth-order valence-electron chi connectivity index (χ4n) is 5.52. The average Bonchev–Trinajstić information content (AvgIpc) is 3.70. The van der Waals surface area contributed by atoms with Crippen LogP contribution in [0.25, 0.3) is 10.9 Å². The Morgan fingerprint density at radius 2 is 1.41 bits per heavy atom. The minimum atomic E-state index is -3.18. The number of fused-ring (bicyclic) bond motifs is 1. The van der Waals surface area contributed by atoms with Crippen molar-refractivity contribution in [1.29, 1.82) is 0 Å². The Morgan fingerprint density at radius 1 is 0.821 bits per heavy atom. The molecule has 5 aromatic rings. The highest BCUT2D eigenvalue weighted by Gasteiger charge is 2.49. The Hall–Kier alpha value is -3.92. The Labute approximate surface area is 229 Å². The third kappa shape index (κ3) is 5.34. The summed E-state index contributed by atoms with van der Waals surface area (Å²) in [6.45, 7) is 0.583. The monoisotopic (exact) mass is 533 g/mol. The normalized spacial score (nSPS) is 17.5. The predicted octanol–water partition coefficient (Wildman–Crippen LogP) is 5.72. The molecule has 3 atom stereocenters. The number of hydrogen-bond donors (Lipinski definition) is 3. The number of para-hydroxylation sites is 1. The van der Waals surface area contributed by atoms with Gasteiger partial charge in [-0.15, -0.1) is 0 Å². The van der Waals surface area contributed by atoms with Crippen molar-refractivity contribution in [2.75, 3.05) is 6.54 Å². The largest absolute Gasteiger partial charge is 0.361 e. The van der Waals surface area contributed by atoms with Gasteiger partial charge in [0, 0.05) is 46.2 Å². The van der Waals surface area contributed by atoms with Gasteiger partial charge in [-0.05, 0) is 60.2 Å². The molecule has 0 bridgehead atoms. The zero-order valence-corrected chi connectivity index (χ0v) is 22.6. The Morgan fingerprint density at radius 3 is 2.08 bits per heavy atom. The molecule has 1 fully saturated rings. The second-order valence-corrected chi connectivity index (χ2v) is 12.7. The van der Waals surface area contributed by atoms with Gasteiger partial charge in [-0.25, -0.2) is 0 Å². The van der Waals surface area contributed by atoms with E-state index in [0.717, 1.165) is 34.5 Å². The number of carbonyl (C=O) groups is 1. The predicted molar refractivity (Wildman–Crippen MR) is 159 cm³/mol. The molecule has 1 heterocycles. The van der Waals surface area contributed by atoms with Crippen molar-refractivity contribution in [3.63, 3.8) is 0 Å². The molecule has 39 heavy (non-hydrogen) atoms. The number of carbonyl (C=O) groups excluding carboxylic acids is 1. The fraction of sp³-hybridized carbons (Fsp3) is 0.182. The Bertz CT molecular complexity index is 1560.